The summed E-state index contributed by atoms with van der Waals surface area (Å²) in [4.78, 5) is 20.0. The molecule has 16 heavy (non-hydrogen) atoms. The first-order chi connectivity index (χ1) is 7.56. The van der Waals surface area contributed by atoms with E-state index >= 15 is 0 Å². The third kappa shape index (κ3) is 3.57. The number of H-pyrrole nitrogens is 1. The second-order valence-electron chi connectivity index (χ2n) is 3.30. The van der Waals surface area contributed by atoms with Crippen molar-refractivity contribution in [3.63, 3.8) is 0 Å². The molecule has 1 heterocycles. The molecule has 0 aliphatic carbocycles. The van der Waals surface area contributed by atoms with Crippen molar-refractivity contribution in [1.82, 2.24) is 9.97 Å². The van der Waals surface area contributed by atoms with Gasteiger partial charge in [0.05, 0.1) is 17.8 Å². The highest BCUT2D eigenvalue weighted by molar-refractivity contribution is 9.10. The SMILES string of the molecule is COCC(Br)CN(C)c1nc[nH]c(=O)c1Br. The number of aromatic nitrogens is 2. The Hall–Kier alpha value is -0.400. The summed E-state index contributed by atoms with van der Waals surface area (Å²) in [6.45, 7) is 1.30. The first-order valence-corrected chi connectivity index (χ1v) is 6.34. The van der Waals surface area contributed by atoms with E-state index in [2.05, 4.69) is 41.8 Å². The molecule has 1 aromatic heterocycles. The van der Waals surface area contributed by atoms with Crippen LogP contribution in [0, 0.1) is 0 Å². The van der Waals surface area contributed by atoms with Crippen LogP contribution in [0.4, 0.5) is 5.82 Å². The fourth-order valence-electron chi connectivity index (χ4n) is 1.26. The van der Waals surface area contributed by atoms with E-state index in [9.17, 15) is 4.79 Å². The lowest BCUT2D eigenvalue weighted by molar-refractivity contribution is 0.201. The molecule has 0 aromatic carbocycles. The van der Waals surface area contributed by atoms with Crippen LogP contribution in [0.1, 0.15) is 0 Å². The Morgan fingerprint density at radius 2 is 2.38 bits per heavy atom. The van der Waals surface area contributed by atoms with Crippen molar-refractivity contribution in [1.29, 1.82) is 0 Å². The van der Waals surface area contributed by atoms with Gasteiger partial charge in [-0.25, -0.2) is 4.98 Å². The molecule has 0 bridgehead atoms. The van der Waals surface area contributed by atoms with Crippen molar-refractivity contribution in [2.75, 3.05) is 32.2 Å². The average molecular weight is 355 g/mol. The number of hydrogen-bond donors (Lipinski definition) is 1. The molecule has 0 saturated heterocycles. The highest BCUT2D eigenvalue weighted by Crippen LogP contribution is 2.18. The first-order valence-electron chi connectivity index (χ1n) is 4.63. The van der Waals surface area contributed by atoms with Crippen molar-refractivity contribution >= 4 is 37.7 Å². The predicted molar refractivity (Wildman–Crippen MR) is 70.4 cm³/mol. The van der Waals surface area contributed by atoms with Crippen LogP contribution < -0.4 is 10.5 Å². The Morgan fingerprint density at radius 3 is 3.00 bits per heavy atom. The molecular formula is C9H13Br2N3O2. The van der Waals surface area contributed by atoms with E-state index in [0.717, 1.165) is 0 Å². The van der Waals surface area contributed by atoms with E-state index in [1.165, 1.54) is 6.33 Å². The van der Waals surface area contributed by atoms with Gasteiger partial charge in [0.1, 0.15) is 10.3 Å². The zero-order valence-electron chi connectivity index (χ0n) is 9.04. The summed E-state index contributed by atoms with van der Waals surface area (Å²) >= 11 is 6.70. The third-order valence-corrected chi connectivity index (χ3v) is 3.23. The minimum absolute atomic E-state index is 0.185. The number of ether oxygens (including phenoxy) is 1. The molecule has 0 saturated carbocycles. The summed E-state index contributed by atoms with van der Waals surface area (Å²) in [6.07, 6.45) is 1.39. The topological polar surface area (TPSA) is 58.2 Å². The number of nitrogens with zero attached hydrogens (tertiary/aromatic N) is 2. The molecule has 1 atom stereocenters. The number of rotatable bonds is 5. The normalized spacial score (nSPS) is 12.5. The van der Waals surface area contributed by atoms with Crippen molar-refractivity contribution in [2.45, 2.75) is 4.83 Å². The quantitative estimate of drug-likeness (QED) is 0.811. The Bertz CT molecular complexity index is 397. The van der Waals surface area contributed by atoms with Crippen LogP contribution >= 0.6 is 31.9 Å². The summed E-state index contributed by atoms with van der Waals surface area (Å²) < 4.78 is 5.46. The molecule has 0 aliphatic rings. The molecule has 7 heteroatoms. The van der Waals surface area contributed by atoms with Crippen LogP contribution in [0.3, 0.4) is 0 Å². The summed E-state index contributed by atoms with van der Waals surface area (Å²) in [6, 6.07) is 0. The Morgan fingerprint density at radius 1 is 1.69 bits per heavy atom. The molecule has 0 fully saturated rings. The number of aromatic amines is 1. The predicted octanol–water partition coefficient (Wildman–Crippen LogP) is 1.38. The van der Waals surface area contributed by atoms with Gasteiger partial charge in [-0.05, 0) is 15.9 Å². The highest BCUT2D eigenvalue weighted by atomic mass is 79.9. The molecule has 1 unspecified atom stereocenters. The van der Waals surface area contributed by atoms with E-state index < -0.39 is 0 Å². The van der Waals surface area contributed by atoms with Crippen LogP contribution in [-0.4, -0.2) is 42.1 Å². The van der Waals surface area contributed by atoms with Crippen LogP contribution in [0.15, 0.2) is 15.6 Å². The van der Waals surface area contributed by atoms with Crippen LogP contribution in [0.5, 0.6) is 0 Å². The zero-order chi connectivity index (χ0) is 12.1. The smallest absolute Gasteiger partial charge is 0.267 e. The maximum Gasteiger partial charge on any atom is 0.267 e. The molecule has 0 aliphatic heterocycles. The molecule has 0 radical (unpaired) electrons. The largest absolute Gasteiger partial charge is 0.383 e. The van der Waals surface area contributed by atoms with Gasteiger partial charge in [-0.15, -0.1) is 0 Å². The Kier molecular flexibility index (Phi) is 5.43. The summed E-state index contributed by atoms with van der Waals surface area (Å²) in [7, 11) is 3.52. The van der Waals surface area contributed by atoms with Gasteiger partial charge in [-0.3, -0.25) is 4.79 Å². The van der Waals surface area contributed by atoms with Crippen LogP contribution in [-0.2, 0) is 4.74 Å². The number of anilines is 1. The van der Waals surface area contributed by atoms with Gasteiger partial charge in [-0.2, -0.15) is 0 Å². The highest BCUT2D eigenvalue weighted by Gasteiger charge is 2.13. The minimum atomic E-state index is -0.185. The Labute approximate surface area is 110 Å². The maximum atomic E-state index is 11.4. The van der Waals surface area contributed by atoms with Crippen molar-refractivity contribution in [2.24, 2.45) is 0 Å². The number of methoxy groups -OCH3 is 1. The van der Waals surface area contributed by atoms with Crippen LogP contribution in [0.25, 0.3) is 0 Å². The first kappa shape index (κ1) is 13.7. The number of halogens is 2. The van der Waals surface area contributed by atoms with Gasteiger partial charge in [0.15, 0.2) is 0 Å². The van der Waals surface area contributed by atoms with E-state index in [1.54, 1.807) is 7.11 Å². The minimum Gasteiger partial charge on any atom is -0.383 e. The van der Waals surface area contributed by atoms with E-state index in [0.29, 0.717) is 23.4 Å². The van der Waals surface area contributed by atoms with Gasteiger partial charge in [0.2, 0.25) is 0 Å². The molecule has 1 rings (SSSR count). The molecule has 5 nitrogen and oxygen atoms in total. The van der Waals surface area contributed by atoms with Gasteiger partial charge in [0, 0.05) is 20.7 Å². The molecule has 1 aromatic rings. The van der Waals surface area contributed by atoms with E-state index in [1.807, 2.05) is 11.9 Å². The molecule has 0 amide bonds. The fraction of sp³-hybridized carbons (Fsp3) is 0.556. The van der Waals surface area contributed by atoms with E-state index in [-0.39, 0.29) is 10.4 Å². The Balaban J connectivity index is 2.76. The van der Waals surface area contributed by atoms with Gasteiger partial charge < -0.3 is 14.6 Å². The zero-order valence-corrected chi connectivity index (χ0v) is 12.2. The van der Waals surface area contributed by atoms with Crippen molar-refractivity contribution in [3.05, 3.63) is 21.2 Å². The van der Waals surface area contributed by atoms with Gasteiger partial charge in [-0.1, -0.05) is 15.9 Å². The van der Waals surface area contributed by atoms with E-state index in [4.69, 9.17) is 4.74 Å². The summed E-state index contributed by atoms with van der Waals surface area (Å²) in [5, 5.41) is 0. The van der Waals surface area contributed by atoms with Crippen molar-refractivity contribution < 1.29 is 4.74 Å². The van der Waals surface area contributed by atoms with Gasteiger partial charge >= 0.3 is 0 Å². The number of nitrogens with one attached hydrogen (secondary N) is 1. The summed E-state index contributed by atoms with van der Waals surface area (Å²) in [5.41, 5.74) is -0.185. The average Bonchev–Trinajstić information content (AvgIpc) is 2.22. The second kappa shape index (κ2) is 6.36. The molecule has 1 N–H and O–H groups in total. The number of alkyl halides is 1. The molecular weight excluding hydrogens is 342 g/mol. The standard InChI is InChI=1S/C9H13Br2N3O2/c1-14(3-6(10)4-16-2)8-7(11)9(15)13-5-12-8/h5-6H,3-4H2,1-2H3,(H,12,13,15). The van der Waals surface area contributed by atoms with Crippen molar-refractivity contribution in [3.8, 4) is 0 Å². The maximum absolute atomic E-state index is 11.4. The summed E-state index contributed by atoms with van der Waals surface area (Å²) in [5.74, 6) is 0.615. The lowest BCUT2D eigenvalue weighted by Crippen LogP contribution is -2.30. The lowest BCUT2D eigenvalue weighted by Gasteiger charge is -2.21. The lowest BCUT2D eigenvalue weighted by atomic mass is 10.4. The second-order valence-corrected chi connectivity index (χ2v) is 5.39. The third-order valence-electron chi connectivity index (χ3n) is 1.96. The monoisotopic (exact) mass is 353 g/mol. The number of hydrogen-bond acceptors (Lipinski definition) is 4. The molecule has 0 spiro atoms. The fourth-order valence-corrected chi connectivity index (χ4v) is 2.48. The van der Waals surface area contributed by atoms with Gasteiger partial charge in [0.25, 0.3) is 5.56 Å². The molecule has 90 valence electrons. The van der Waals surface area contributed by atoms with Crippen LogP contribution in [0.2, 0.25) is 0 Å².